The third-order valence-electron chi connectivity index (χ3n) is 4.42. The van der Waals surface area contributed by atoms with Crippen molar-refractivity contribution < 1.29 is 13.2 Å². The summed E-state index contributed by atoms with van der Waals surface area (Å²) in [4.78, 5) is 14.2. The lowest BCUT2D eigenvalue weighted by molar-refractivity contribution is -0.137. The predicted molar refractivity (Wildman–Crippen MR) is 81.6 cm³/mol. The van der Waals surface area contributed by atoms with E-state index < -0.39 is 14.6 Å². The molecular formula is C13H25ClN2O3S. The molecule has 5 nitrogen and oxygen atoms in total. The maximum atomic E-state index is 12.5. The fraction of sp³-hybridized carbons (Fsp3) is 0.923. The zero-order chi connectivity index (χ0) is 14.3. The van der Waals surface area contributed by atoms with Gasteiger partial charge in [-0.15, -0.1) is 12.4 Å². The number of hydrogen-bond donors (Lipinski definition) is 1. The van der Waals surface area contributed by atoms with E-state index in [-0.39, 0.29) is 36.0 Å². The van der Waals surface area contributed by atoms with E-state index in [9.17, 15) is 13.2 Å². The second-order valence-corrected chi connectivity index (χ2v) is 9.20. The van der Waals surface area contributed by atoms with Crippen molar-refractivity contribution >= 4 is 28.2 Å². The summed E-state index contributed by atoms with van der Waals surface area (Å²) in [5.74, 6) is 0.156. The second kappa shape index (κ2) is 6.20. The maximum absolute atomic E-state index is 12.5. The Kier molecular flexibility index (Phi) is 5.49. The summed E-state index contributed by atoms with van der Waals surface area (Å²) in [6, 6.07) is 0.115. The first-order chi connectivity index (χ1) is 8.73. The average Bonchev–Trinajstić information content (AvgIpc) is 2.32. The molecule has 2 fully saturated rings. The maximum Gasteiger partial charge on any atom is 0.225 e. The Hall–Kier alpha value is -0.330. The molecule has 2 aliphatic rings. The van der Waals surface area contributed by atoms with Gasteiger partial charge in [0.2, 0.25) is 5.91 Å². The predicted octanol–water partition coefficient (Wildman–Crippen LogP) is 0.961. The van der Waals surface area contributed by atoms with Crippen LogP contribution in [0.2, 0.25) is 0 Å². The minimum absolute atomic E-state index is 0. The zero-order valence-electron chi connectivity index (χ0n) is 12.2. The first-order valence-corrected chi connectivity index (χ1v) is 8.65. The van der Waals surface area contributed by atoms with Crippen molar-refractivity contribution in [1.82, 2.24) is 4.90 Å². The number of sulfone groups is 1. The molecule has 0 bridgehead atoms. The van der Waals surface area contributed by atoms with Crippen LogP contribution in [0.3, 0.4) is 0 Å². The molecule has 1 saturated carbocycles. The van der Waals surface area contributed by atoms with Crippen LogP contribution in [0.25, 0.3) is 0 Å². The standard InChI is InChI=1S/C13H24N2O3S.ClH/c1-13(2)9-15(6-7-19(13,17)18)12(16)10-4-3-5-11(14)8-10;/h10-11H,3-9,14H2,1-2H3;1H. The Bertz CT molecular complexity index is 464. The summed E-state index contributed by atoms with van der Waals surface area (Å²) in [7, 11) is -3.09. The number of carbonyl (C=O) groups excluding carboxylic acids is 1. The fourth-order valence-corrected chi connectivity index (χ4v) is 4.41. The first-order valence-electron chi connectivity index (χ1n) is 6.99. The Morgan fingerprint density at radius 3 is 2.50 bits per heavy atom. The molecule has 2 atom stereocenters. The molecule has 1 amide bonds. The molecule has 1 aliphatic heterocycles. The van der Waals surface area contributed by atoms with Gasteiger partial charge in [0.25, 0.3) is 0 Å². The number of halogens is 1. The summed E-state index contributed by atoms with van der Waals surface area (Å²) in [6.07, 6.45) is 3.61. The van der Waals surface area contributed by atoms with E-state index in [1.54, 1.807) is 18.7 Å². The van der Waals surface area contributed by atoms with Gasteiger partial charge in [0.15, 0.2) is 9.84 Å². The normalized spacial score (nSPS) is 32.2. The van der Waals surface area contributed by atoms with Crippen LogP contribution >= 0.6 is 12.4 Å². The number of amides is 1. The number of nitrogens with zero attached hydrogens (tertiary/aromatic N) is 1. The van der Waals surface area contributed by atoms with Gasteiger partial charge in [-0.3, -0.25) is 4.79 Å². The lowest BCUT2D eigenvalue weighted by atomic mass is 9.85. The molecule has 1 aliphatic carbocycles. The second-order valence-electron chi connectivity index (χ2n) is 6.46. The number of hydrogen-bond acceptors (Lipinski definition) is 4. The highest BCUT2D eigenvalue weighted by molar-refractivity contribution is 7.92. The lowest BCUT2D eigenvalue weighted by Gasteiger charge is -2.40. The van der Waals surface area contributed by atoms with Gasteiger partial charge in [0, 0.05) is 25.0 Å². The van der Waals surface area contributed by atoms with Crippen LogP contribution in [0.4, 0.5) is 0 Å². The van der Waals surface area contributed by atoms with Gasteiger partial charge in [-0.05, 0) is 33.1 Å². The van der Waals surface area contributed by atoms with Gasteiger partial charge >= 0.3 is 0 Å². The summed E-state index contributed by atoms with van der Waals surface area (Å²) in [5.41, 5.74) is 5.92. The van der Waals surface area contributed by atoms with E-state index in [1.807, 2.05) is 0 Å². The molecule has 2 unspecified atom stereocenters. The van der Waals surface area contributed by atoms with Gasteiger partial charge in [0.05, 0.1) is 10.5 Å². The topological polar surface area (TPSA) is 80.5 Å². The molecule has 1 heterocycles. The fourth-order valence-electron chi connectivity index (χ4n) is 3.04. The minimum atomic E-state index is -3.09. The summed E-state index contributed by atoms with van der Waals surface area (Å²) >= 11 is 0. The van der Waals surface area contributed by atoms with E-state index in [2.05, 4.69) is 0 Å². The molecule has 2 rings (SSSR count). The number of carbonyl (C=O) groups is 1. The van der Waals surface area contributed by atoms with E-state index in [4.69, 9.17) is 5.73 Å². The van der Waals surface area contributed by atoms with E-state index >= 15 is 0 Å². The molecule has 118 valence electrons. The quantitative estimate of drug-likeness (QED) is 0.779. The minimum Gasteiger partial charge on any atom is -0.340 e. The Morgan fingerprint density at radius 2 is 1.95 bits per heavy atom. The summed E-state index contributed by atoms with van der Waals surface area (Å²) in [5, 5.41) is 0. The van der Waals surface area contributed by atoms with Gasteiger partial charge in [0.1, 0.15) is 0 Å². The molecule has 0 radical (unpaired) electrons. The average molecular weight is 325 g/mol. The molecule has 7 heteroatoms. The van der Waals surface area contributed by atoms with Crippen LogP contribution in [0.1, 0.15) is 39.5 Å². The summed E-state index contributed by atoms with van der Waals surface area (Å²) < 4.78 is 23.0. The van der Waals surface area contributed by atoms with Gasteiger partial charge in [-0.1, -0.05) is 6.42 Å². The molecule has 2 N–H and O–H groups in total. The molecule has 0 aromatic rings. The van der Waals surface area contributed by atoms with Gasteiger partial charge in [-0.2, -0.15) is 0 Å². The zero-order valence-corrected chi connectivity index (χ0v) is 13.8. The van der Waals surface area contributed by atoms with Crippen LogP contribution in [-0.4, -0.2) is 48.9 Å². The van der Waals surface area contributed by atoms with Gasteiger partial charge in [-0.25, -0.2) is 8.42 Å². The highest BCUT2D eigenvalue weighted by atomic mass is 35.5. The highest BCUT2D eigenvalue weighted by Crippen LogP contribution is 2.29. The first kappa shape index (κ1) is 17.7. The smallest absolute Gasteiger partial charge is 0.225 e. The Balaban J connectivity index is 0.00000200. The van der Waals surface area contributed by atoms with Crippen molar-refractivity contribution in [2.75, 3.05) is 18.8 Å². The molecule has 0 aromatic carbocycles. The largest absolute Gasteiger partial charge is 0.340 e. The van der Waals surface area contributed by atoms with Crippen molar-refractivity contribution in [2.45, 2.75) is 50.3 Å². The van der Waals surface area contributed by atoms with E-state index in [0.717, 1.165) is 25.7 Å². The monoisotopic (exact) mass is 324 g/mol. The van der Waals surface area contributed by atoms with Crippen LogP contribution in [0, 0.1) is 5.92 Å². The third kappa shape index (κ3) is 3.46. The number of rotatable bonds is 1. The van der Waals surface area contributed by atoms with Crippen LogP contribution in [0.5, 0.6) is 0 Å². The SMILES string of the molecule is CC1(C)CN(C(=O)C2CCCC(N)C2)CCS1(=O)=O.Cl. The van der Waals surface area contributed by atoms with Crippen molar-refractivity contribution in [2.24, 2.45) is 11.7 Å². The summed E-state index contributed by atoms with van der Waals surface area (Å²) in [6.45, 7) is 4.04. The molecular weight excluding hydrogens is 300 g/mol. The lowest BCUT2D eigenvalue weighted by Crippen LogP contribution is -2.56. The molecule has 1 saturated heterocycles. The Morgan fingerprint density at radius 1 is 1.30 bits per heavy atom. The van der Waals surface area contributed by atoms with E-state index in [1.165, 1.54) is 0 Å². The third-order valence-corrected chi connectivity index (χ3v) is 6.95. The number of nitrogens with two attached hydrogens (primary N) is 1. The Labute approximate surface area is 127 Å². The molecule has 20 heavy (non-hydrogen) atoms. The van der Waals surface area contributed by atoms with E-state index in [0.29, 0.717) is 13.1 Å². The highest BCUT2D eigenvalue weighted by Gasteiger charge is 2.42. The molecule has 0 aromatic heterocycles. The van der Waals surface area contributed by atoms with Crippen molar-refractivity contribution in [3.63, 3.8) is 0 Å². The van der Waals surface area contributed by atoms with Crippen LogP contribution in [0.15, 0.2) is 0 Å². The van der Waals surface area contributed by atoms with Crippen molar-refractivity contribution in [3.8, 4) is 0 Å². The van der Waals surface area contributed by atoms with Crippen LogP contribution in [-0.2, 0) is 14.6 Å². The van der Waals surface area contributed by atoms with Gasteiger partial charge < -0.3 is 10.6 Å². The van der Waals surface area contributed by atoms with Crippen molar-refractivity contribution in [1.29, 1.82) is 0 Å². The molecule has 0 spiro atoms. The van der Waals surface area contributed by atoms with Crippen molar-refractivity contribution in [3.05, 3.63) is 0 Å². The van der Waals surface area contributed by atoms with Crippen LogP contribution < -0.4 is 5.73 Å².